The van der Waals surface area contributed by atoms with Gasteiger partial charge in [0.25, 0.3) is 5.91 Å². The second-order valence-corrected chi connectivity index (χ2v) is 8.01. The van der Waals surface area contributed by atoms with Crippen molar-refractivity contribution in [3.8, 4) is 17.2 Å². The number of amides is 1. The molecule has 2 aromatic carbocycles. The topological polar surface area (TPSA) is 98.5 Å². The fraction of sp³-hybridized carbons (Fsp3) is 0.292. The maximum Gasteiger partial charge on any atom is 0.260 e. The number of carbonyl (C=O) groups excluding carboxylic acids is 1. The molecule has 1 aliphatic heterocycles. The fourth-order valence-electron chi connectivity index (χ4n) is 3.96. The molecule has 0 unspecified atom stereocenters. The molecule has 4 aromatic rings. The van der Waals surface area contributed by atoms with Gasteiger partial charge in [0.2, 0.25) is 0 Å². The van der Waals surface area contributed by atoms with Crippen molar-refractivity contribution in [1.82, 2.24) is 29.9 Å². The van der Waals surface area contributed by atoms with Gasteiger partial charge >= 0.3 is 0 Å². The van der Waals surface area contributed by atoms with Crippen LogP contribution in [0.3, 0.4) is 0 Å². The summed E-state index contributed by atoms with van der Waals surface area (Å²) >= 11 is 0. The number of ether oxygens (including phenoxy) is 2. The average Bonchev–Trinajstić information content (AvgIpc) is 3.32. The first-order valence-corrected chi connectivity index (χ1v) is 11.1. The molecule has 174 valence electrons. The summed E-state index contributed by atoms with van der Waals surface area (Å²) in [6.07, 6.45) is 1.53. The third kappa shape index (κ3) is 4.21. The molecule has 0 bridgehead atoms. The van der Waals surface area contributed by atoms with Gasteiger partial charge in [-0.2, -0.15) is 4.68 Å². The monoisotopic (exact) mass is 459 g/mol. The van der Waals surface area contributed by atoms with Gasteiger partial charge in [0.1, 0.15) is 6.33 Å². The molecule has 0 radical (unpaired) electrons. The fourth-order valence-corrected chi connectivity index (χ4v) is 3.96. The number of aromatic nitrogens is 5. The number of para-hydroxylation sites is 2. The van der Waals surface area contributed by atoms with Gasteiger partial charge in [0.15, 0.2) is 35.1 Å². The highest BCUT2D eigenvalue weighted by Gasteiger charge is 2.25. The standard InChI is InChI=1S/C24H25N7O3/c1-17-7-9-18(10-8-17)31-24-22(27-28-31)23(25-16-26-24)30-13-11-29(12-14-30)21(32)15-34-20-6-4-3-5-19(20)33-2/h3-10,16H,11-15H2,1-2H3. The van der Waals surface area contributed by atoms with E-state index >= 15 is 0 Å². The number of hydrogen-bond donors (Lipinski definition) is 0. The van der Waals surface area contributed by atoms with Gasteiger partial charge in [-0.1, -0.05) is 35.0 Å². The maximum atomic E-state index is 12.7. The maximum absolute atomic E-state index is 12.7. The number of rotatable bonds is 6. The van der Waals surface area contributed by atoms with E-state index < -0.39 is 0 Å². The third-order valence-corrected chi connectivity index (χ3v) is 5.85. The quantitative estimate of drug-likeness (QED) is 0.433. The summed E-state index contributed by atoms with van der Waals surface area (Å²) in [6, 6.07) is 15.3. The molecule has 1 amide bonds. The highest BCUT2D eigenvalue weighted by molar-refractivity contribution is 5.84. The molecule has 0 N–H and O–H groups in total. The van der Waals surface area contributed by atoms with Gasteiger partial charge in [0.05, 0.1) is 12.8 Å². The molecule has 10 nitrogen and oxygen atoms in total. The van der Waals surface area contributed by atoms with Crippen LogP contribution in [0, 0.1) is 6.92 Å². The van der Waals surface area contributed by atoms with Crippen LogP contribution >= 0.6 is 0 Å². The van der Waals surface area contributed by atoms with Crippen LogP contribution in [0.1, 0.15) is 5.56 Å². The lowest BCUT2D eigenvalue weighted by molar-refractivity contribution is -0.133. The van der Waals surface area contributed by atoms with E-state index in [0.717, 1.165) is 11.5 Å². The summed E-state index contributed by atoms with van der Waals surface area (Å²) < 4.78 is 12.7. The number of hydrogen-bond acceptors (Lipinski definition) is 8. The van der Waals surface area contributed by atoms with Crippen LogP contribution in [-0.4, -0.2) is 75.7 Å². The Balaban J connectivity index is 1.25. The zero-order valence-electron chi connectivity index (χ0n) is 19.1. The molecule has 10 heteroatoms. The third-order valence-electron chi connectivity index (χ3n) is 5.85. The largest absolute Gasteiger partial charge is 0.493 e. The number of aryl methyl sites for hydroxylation is 1. The van der Waals surface area contributed by atoms with Crippen LogP contribution in [0.4, 0.5) is 5.82 Å². The van der Waals surface area contributed by atoms with Gasteiger partial charge in [-0.3, -0.25) is 4.79 Å². The number of carbonyl (C=O) groups is 1. The summed E-state index contributed by atoms with van der Waals surface area (Å²) in [4.78, 5) is 25.5. The second kappa shape index (κ2) is 9.34. The molecular weight excluding hydrogens is 434 g/mol. The van der Waals surface area contributed by atoms with Crippen molar-refractivity contribution in [3.05, 3.63) is 60.4 Å². The molecule has 5 rings (SSSR count). The summed E-state index contributed by atoms with van der Waals surface area (Å²) in [5, 5.41) is 8.67. The zero-order chi connectivity index (χ0) is 23.5. The van der Waals surface area contributed by atoms with Crippen molar-refractivity contribution in [2.75, 3.05) is 44.8 Å². The average molecular weight is 460 g/mol. The van der Waals surface area contributed by atoms with Gasteiger partial charge < -0.3 is 19.3 Å². The van der Waals surface area contributed by atoms with Gasteiger partial charge in [-0.05, 0) is 31.2 Å². The van der Waals surface area contributed by atoms with Crippen LogP contribution in [-0.2, 0) is 4.79 Å². The first-order chi connectivity index (χ1) is 16.6. The summed E-state index contributed by atoms with van der Waals surface area (Å²) in [5.74, 6) is 1.81. The molecule has 1 fully saturated rings. The molecule has 0 spiro atoms. The van der Waals surface area contributed by atoms with E-state index in [4.69, 9.17) is 9.47 Å². The Morgan fingerprint density at radius 1 is 0.971 bits per heavy atom. The summed E-state index contributed by atoms with van der Waals surface area (Å²) in [7, 11) is 1.58. The van der Waals surface area contributed by atoms with Crippen molar-refractivity contribution in [3.63, 3.8) is 0 Å². The molecule has 3 heterocycles. The number of piperazine rings is 1. The van der Waals surface area contributed by atoms with Crippen LogP contribution in [0.5, 0.6) is 11.5 Å². The molecular formula is C24H25N7O3. The van der Waals surface area contributed by atoms with E-state index in [0.29, 0.717) is 48.8 Å². The van der Waals surface area contributed by atoms with Gasteiger partial charge in [-0.25, -0.2) is 9.97 Å². The van der Waals surface area contributed by atoms with E-state index in [1.165, 1.54) is 11.9 Å². The normalized spacial score (nSPS) is 13.8. The Bertz CT molecular complexity index is 1300. The SMILES string of the molecule is COc1ccccc1OCC(=O)N1CCN(c2ncnc3c2nnn3-c2ccc(C)cc2)CC1. The van der Waals surface area contributed by atoms with Crippen LogP contribution in [0.25, 0.3) is 16.9 Å². The van der Waals surface area contributed by atoms with Crippen LogP contribution in [0.2, 0.25) is 0 Å². The summed E-state index contributed by atoms with van der Waals surface area (Å²) in [6.45, 7) is 4.38. The van der Waals surface area contributed by atoms with E-state index in [1.54, 1.807) is 28.8 Å². The Labute approximate surface area is 196 Å². The lowest BCUT2D eigenvalue weighted by Gasteiger charge is -2.35. The first kappa shape index (κ1) is 21.6. The van der Waals surface area contributed by atoms with Crippen molar-refractivity contribution in [2.24, 2.45) is 0 Å². The minimum Gasteiger partial charge on any atom is -0.493 e. The highest BCUT2D eigenvalue weighted by Crippen LogP contribution is 2.26. The van der Waals surface area contributed by atoms with Crippen molar-refractivity contribution >= 4 is 22.9 Å². The van der Waals surface area contributed by atoms with E-state index in [1.807, 2.05) is 43.3 Å². The Morgan fingerprint density at radius 2 is 1.71 bits per heavy atom. The Kier molecular flexibility index (Phi) is 5.94. The molecule has 0 aliphatic carbocycles. The predicted molar refractivity (Wildman–Crippen MR) is 126 cm³/mol. The number of benzene rings is 2. The summed E-state index contributed by atoms with van der Waals surface area (Å²) in [5.41, 5.74) is 3.35. The van der Waals surface area contributed by atoms with Gasteiger partial charge in [-0.15, -0.1) is 5.10 Å². The Hall–Kier alpha value is -4.21. The van der Waals surface area contributed by atoms with E-state index in [9.17, 15) is 4.79 Å². The number of nitrogens with zero attached hydrogens (tertiary/aromatic N) is 7. The smallest absolute Gasteiger partial charge is 0.260 e. The molecule has 0 saturated carbocycles. The molecule has 0 atom stereocenters. The van der Waals surface area contributed by atoms with Crippen molar-refractivity contribution in [1.29, 1.82) is 0 Å². The predicted octanol–water partition coefficient (Wildman–Crippen LogP) is 2.26. The number of fused-ring (bicyclic) bond motifs is 1. The van der Waals surface area contributed by atoms with Crippen molar-refractivity contribution in [2.45, 2.75) is 6.92 Å². The van der Waals surface area contributed by atoms with Crippen LogP contribution < -0.4 is 14.4 Å². The number of anilines is 1. The molecule has 1 saturated heterocycles. The van der Waals surface area contributed by atoms with Crippen LogP contribution in [0.15, 0.2) is 54.9 Å². The zero-order valence-corrected chi connectivity index (χ0v) is 19.1. The minimum absolute atomic E-state index is 0.0387. The van der Waals surface area contributed by atoms with Crippen molar-refractivity contribution < 1.29 is 14.3 Å². The molecule has 34 heavy (non-hydrogen) atoms. The molecule has 1 aliphatic rings. The first-order valence-electron chi connectivity index (χ1n) is 11.1. The van der Waals surface area contributed by atoms with Gasteiger partial charge in [0, 0.05) is 26.2 Å². The second-order valence-electron chi connectivity index (χ2n) is 8.01. The Morgan fingerprint density at radius 3 is 2.44 bits per heavy atom. The number of methoxy groups -OCH3 is 1. The van der Waals surface area contributed by atoms with E-state index in [2.05, 4.69) is 25.2 Å². The minimum atomic E-state index is -0.0660. The highest BCUT2D eigenvalue weighted by atomic mass is 16.5. The van der Waals surface area contributed by atoms with E-state index in [-0.39, 0.29) is 12.5 Å². The lowest BCUT2D eigenvalue weighted by atomic mass is 10.2. The molecule has 2 aromatic heterocycles. The lowest BCUT2D eigenvalue weighted by Crippen LogP contribution is -2.50.